The number of rotatable bonds is 6. The van der Waals surface area contributed by atoms with Gasteiger partial charge >= 0.3 is 0 Å². The van der Waals surface area contributed by atoms with Gasteiger partial charge in [0.1, 0.15) is 0 Å². The Hall–Kier alpha value is -2.73. The van der Waals surface area contributed by atoms with Gasteiger partial charge in [-0.25, -0.2) is 0 Å². The Labute approximate surface area is 145 Å². The molecule has 1 amide bonds. The summed E-state index contributed by atoms with van der Waals surface area (Å²) in [7, 11) is 0. The van der Waals surface area contributed by atoms with Gasteiger partial charge in [0.25, 0.3) is 5.91 Å². The highest BCUT2D eigenvalue weighted by molar-refractivity contribution is 7.12. The van der Waals surface area contributed by atoms with Crippen molar-refractivity contribution in [2.45, 2.75) is 13.5 Å². The number of aromatic nitrogens is 2. The molecule has 2 heterocycles. The summed E-state index contributed by atoms with van der Waals surface area (Å²) in [4.78, 5) is 14.8. The Morgan fingerprint density at radius 3 is 2.54 bits per heavy atom. The molecule has 0 fully saturated rings. The van der Waals surface area contributed by atoms with Crippen LogP contribution in [0.4, 0.5) is 11.6 Å². The van der Waals surface area contributed by atoms with Crippen molar-refractivity contribution in [3.05, 3.63) is 70.4 Å². The molecule has 0 bridgehead atoms. The van der Waals surface area contributed by atoms with E-state index < -0.39 is 0 Å². The third kappa shape index (κ3) is 3.97. The number of hydrogen-bond acceptors (Lipinski definition) is 5. The maximum Gasteiger partial charge on any atom is 0.266 e. The van der Waals surface area contributed by atoms with Crippen molar-refractivity contribution in [1.82, 2.24) is 10.2 Å². The van der Waals surface area contributed by atoms with Gasteiger partial charge in [-0.05, 0) is 36.1 Å². The van der Waals surface area contributed by atoms with Crippen LogP contribution in [0.1, 0.15) is 22.2 Å². The molecule has 0 aliphatic rings. The second-order valence-corrected chi connectivity index (χ2v) is 6.16. The van der Waals surface area contributed by atoms with E-state index in [9.17, 15) is 4.79 Å². The van der Waals surface area contributed by atoms with Gasteiger partial charge in [-0.2, -0.15) is 0 Å². The number of carbonyl (C=O) groups excluding carboxylic acids is 1. The molecule has 0 saturated heterocycles. The molecule has 0 aliphatic carbocycles. The first kappa shape index (κ1) is 16.1. The molecule has 0 radical (unpaired) electrons. The van der Waals surface area contributed by atoms with Crippen LogP contribution in [0.15, 0.2) is 60.0 Å². The van der Waals surface area contributed by atoms with Crippen LogP contribution in [0.25, 0.3) is 0 Å². The van der Waals surface area contributed by atoms with E-state index >= 15 is 0 Å². The minimum atomic E-state index is -0.163. The summed E-state index contributed by atoms with van der Waals surface area (Å²) in [6.45, 7) is 3.68. The number of carbonyl (C=O) groups is 1. The van der Waals surface area contributed by atoms with E-state index in [0.29, 0.717) is 10.7 Å². The Bertz CT molecular complexity index is 773. The maximum absolute atomic E-state index is 12.0. The lowest BCUT2D eigenvalue weighted by atomic mass is 10.2. The standard InChI is InChI=1S/C18H18N4OS/c1-2-22(13-14-7-4-3-5-8-14)17-11-10-16(20-21-17)19-18(23)15-9-6-12-24-15/h3-12H,2,13H2,1H3,(H,19,20,23). The van der Waals surface area contributed by atoms with E-state index in [1.54, 1.807) is 12.1 Å². The molecule has 0 aliphatic heterocycles. The van der Waals surface area contributed by atoms with Crippen molar-refractivity contribution in [1.29, 1.82) is 0 Å². The Morgan fingerprint density at radius 2 is 1.92 bits per heavy atom. The summed E-state index contributed by atoms with van der Waals surface area (Å²) in [5.74, 6) is 1.08. The molecule has 0 unspecified atom stereocenters. The Morgan fingerprint density at radius 1 is 1.08 bits per heavy atom. The van der Waals surface area contributed by atoms with Crippen LogP contribution in [0.5, 0.6) is 0 Å². The molecule has 6 heteroatoms. The van der Waals surface area contributed by atoms with Crippen LogP contribution in [0.3, 0.4) is 0 Å². The van der Waals surface area contributed by atoms with Gasteiger partial charge < -0.3 is 10.2 Å². The first-order chi connectivity index (χ1) is 11.8. The van der Waals surface area contributed by atoms with Crippen LogP contribution < -0.4 is 10.2 Å². The molecule has 3 rings (SSSR count). The van der Waals surface area contributed by atoms with E-state index in [2.05, 4.69) is 39.5 Å². The molecule has 1 N–H and O–H groups in total. The highest BCUT2D eigenvalue weighted by Gasteiger charge is 2.10. The quantitative estimate of drug-likeness (QED) is 0.742. The minimum absolute atomic E-state index is 0.163. The van der Waals surface area contributed by atoms with Gasteiger partial charge in [0, 0.05) is 13.1 Å². The highest BCUT2D eigenvalue weighted by atomic mass is 32.1. The molecule has 3 aromatic rings. The molecule has 5 nitrogen and oxygen atoms in total. The molecule has 122 valence electrons. The van der Waals surface area contributed by atoms with Gasteiger partial charge in [-0.3, -0.25) is 4.79 Å². The van der Waals surface area contributed by atoms with E-state index in [-0.39, 0.29) is 5.91 Å². The summed E-state index contributed by atoms with van der Waals surface area (Å²) in [6.07, 6.45) is 0. The number of amides is 1. The van der Waals surface area contributed by atoms with Gasteiger partial charge in [-0.15, -0.1) is 21.5 Å². The number of benzene rings is 1. The van der Waals surface area contributed by atoms with Crippen LogP contribution >= 0.6 is 11.3 Å². The zero-order valence-corrected chi connectivity index (χ0v) is 14.2. The average Bonchev–Trinajstić information content (AvgIpc) is 3.16. The fourth-order valence-electron chi connectivity index (χ4n) is 2.30. The average molecular weight is 338 g/mol. The molecule has 24 heavy (non-hydrogen) atoms. The van der Waals surface area contributed by atoms with Gasteiger partial charge in [-0.1, -0.05) is 36.4 Å². The molecule has 0 saturated carbocycles. The van der Waals surface area contributed by atoms with Crippen molar-refractivity contribution in [2.24, 2.45) is 0 Å². The number of anilines is 2. The third-order valence-corrected chi connectivity index (χ3v) is 4.43. The van der Waals surface area contributed by atoms with E-state index in [0.717, 1.165) is 18.9 Å². The lowest BCUT2D eigenvalue weighted by Gasteiger charge is -2.21. The minimum Gasteiger partial charge on any atom is -0.351 e. The Kier molecular flexibility index (Phi) is 5.18. The van der Waals surface area contributed by atoms with Crippen LogP contribution in [0, 0.1) is 0 Å². The van der Waals surface area contributed by atoms with Gasteiger partial charge in [0.2, 0.25) is 0 Å². The smallest absolute Gasteiger partial charge is 0.266 e. The summed E-state index contributed by atoms with van der Waals surface area (Å²) in [6, 6.07) is 17.5. The van der Waals surface area contributed by atoms with Crippen molar-refractivity contribution in [3.63, 3.8) is 0 Å². The summed E-state index contributed by atoms with van der Waals surface area (Å²) < 4.78 is 0. The molecular formula is C18H18N4OS. The monoisotopic (exact) mass is 338 g/mol. The molecular weight excluding hydrogens is 320 g/mol. The number of thiophene rings is 1. The fourth-order valence-corrected chi connectivity index (χ4v) is 2.92. The largest absolute Gasteiger partial charge is 0.351 e. The van der Waals surface area contributed by atoms with Crippen molar-refractivity contribution in [3.8, 4) is 0 Å². The lowest BCUT2D eigenvalue weighted by molar-refractivity contribution is 0.103. The predicted molar refractivity (Wildman–Crippen MR) is 97.5 cm³/mol. The summed E-state index contributed by atoms with van der Waals surface area (Å²) >= 11 is 1.39. The first-order valence-electron chi connectivity index (χ1n) is 7.73. The fraction of sp³-hybridized carbons (Fsp3) is 0.167. The van der Waals surface area contributed by atoms with Crippen LogP contribution in [-0.4, -0.2) is 22.6 Å². The predicted octanol–water partition coefficient (Wildman–Crippen LogP) is 3.82. The highest BCUT2D eigenvalue weighted by Crippen LogP contribution is 2.16. The Balaban J connectivity index is 1.67. The van der Waals surface area contributed by atoms with E-state index in [4.69, 9.17) is 0 Å². The molecule has 1 aromatic carbocycles. The van der Waals surface area contributed by atoms with Crippen LogP contribution in [0.2, 0.25) is 0 Å². The SMILES string of the molecule is CCN(Cc1ccccc1)c1ccc(NC(=O)c2cccs2)nn1. The summed E-state index contributed by atoms with van der Waals surface area (Å²) in [5.41, 5.74) is 1.22. The first-order valence-corrected chi connectivity index (χ1v) is 8.61. The zero-order valence-electron chi connectivity index (χ0n) is 13.3. The van der Waals surface area contributed by atoms with Gasteiger partial charge in [0.05, 0.1) is 4.88 Å². The second-order valence-electron chi connectivity index (χ2n) is 5.21. The molecule has 2 aromatic heterocycles. The topological polar surface area (TPSA) is 58.1 Å². The zero-order chi connectivity index (χ0) is 16.8. The van der Waals surface area contributed by atoms with Crippen molar-refractivity contribution >= 4 is 28.9 Å². The van der Waals surface area contributed by atoms with Gasteiger partial charge in [0.15, 0.2) is 11.6 Å². The molecule has 0 spiro atoms. The van der Waals surface area contributed by atoms with E-state index in [1.165, 1.54) is 16.9 Å². The lowest BCUT2D eigenvalue weighted by Crippen LogP contribution is -2.23. The van der Waals surface area contributed by atoms with Crippen LogP contribution in [-0.2, 0) is 6.54 Å². The molecule has 0 atom stereocenters. The second kappa shape index (κ2) is 7.70. The van der Waals surface area contributed by atoms with E-state index in [1.807, 2.05) is 35.7 Å². The maximum atomic E-state index is 12.0. The number of nitrogens with zero attached hydrogens (tertiary/aromatic N) is 3. The third-order valence-electron chi connectivity index (χ3n) is 3.56. The number of hydrogen-bond donors (Lipinski definition) is 1. The summed E-state index contributed by atoms with van der Waals surface area (Å²) in [5, 5.41) is 13.0. The van der Waals surface area contributed by atoms with Crippen molar-refractivity contribution in [2.75, 3.05) is 16.8 Å². The number of nitrogens with one attached hydrogen (secondary N) is 1. The van der Waals surface area contributed by atoms with Crippen molar-refractivity contribution < 1.29 is 4.79 Å². The normalized spacial score (nSPS) is 10.4.